The molecule has 0 spiro atoms. The van der Waals surface area contributed by atoms with Crippen molar-refractivity contribution in [1.82, 2.24) is 0 Å². The summed E-state index contributed by atoms with van der Waals surface area (Å²) in [5.74, 6) is 1.48. The van der Waals surface area contributed by atoms with Crippen molar-refractivity contribution in [3.8, 4) is 11.5 Å². The minimum atomic E-state index is -0.285. The summed E-state index contributed by atoms with van der Waals surface area (Å²) in [6.45, 7) is 0. The fourth-order valence-corrected chi connectivity index (χ4v) is 2.83. The molecule has 0 saturated heterocycles. The van der Waals surface area contributed by atoms with Gasteiger partial charge in [0.15, 0.2) is 0 Å². The molecule has 0 aliphatic heterocycles. The molecular weight excluding hydrogens is 268 g/mol. The highest BCUT2D eigenvalue weighted by Crippen LogP contribution is 2.39. The minimum absolute atomic E-state index is 0.224. The van der Waals surface area contributed by atoms with Gasteiger partial charge in [0, 0.05) is 18.1 Å². The summed E-state index contributed by atoms with van der Waals surface area (Å²) >= 11 is 0. The van der Waals surface area contributed by atoms with E-state index in [1.165, 1.54) is 7.11 Å². The van der Waals surface area contributed by atoms with Crippen LogP contribution in [-0.4, -0.2) is 27.3 Å². The van der Waals surface area contributed by atoms with Crippen molar-refractivity contribution >= 4 is 5.97 Å². The van der Waals surface area contributed by atoms with Gasteiger partial charge in [-0.15, -0.1) is 0 Å². The van der Waals surface area contributed by atoms with E-state index in [1.54, 1.807) is 20.3 Å². The second-order valence-electron chi connectivity index (χ2n) is 5.19. The highest BCUT2D eigenvalue weighted by atomic mass is 16.5. The molecule has 0 heterocycles. The number of carbonyl (C=O) groups excluding carboxylic acids is 1. The molecule has 0 radical (unpaired) electrons. The molecule has 0 aromatic heterocycles. The summed E-state index contributed by atoms with van der Waals surface area (Å²) in [5.41, 5.74) is 2.25. The topological polar surface area (TPSA) is 44.8 Å². The van der Waals surface area contributed by atoms with Gasteiger partial charge in [-0.2, -0.15) is 0 Å². The van der Waals surface area contributed by atoms with E-state index >= 15 is 0 Å². The number of methoxy groups -OCH3 is 3. The van der Waals surface area contributed by atoms with Gasteiger partial charge in [0.25, 0.3) is 0 Å². The Morgan fingerprint density at radius 1 is 1.10 bits per heavy atom. The van der Waals surface area contributed by atoms with Crippen LogP contribution in [0.5, 0.6) is 11.5 Å². The molecule has 1 aromatic carbocycles. The first kappa shape index (κ1) is 15.4. The zero-order valence-corrected chi connectivity index (χ0v) is 12.8. The van der Waals surface area contributed by atoms with Crippen LogP contribution in [0, 0.1) is 0 Å². The van der Waals surface area contributed by atoms with Crippen LogP contribution in [0.3, 0.4) is 0 Å². The number of rotatable bonds is 4. The van der Waals surface area contributed by atoms with Crippen molar-refractivity contribution in [1.29, 1.82) is 0 Å². The van der Waals surface area contributed by atoms with E-state index in [2.05, 4.69) is 0 Å². The van der Waals surface area contributed by atoms with Crippen molar-refractivity contribution in [2.75, 3.05) is 21.3 Å². The molecule has 1 atom stereocenters. The van der Waals surface area contributed by atoms with Crippen LogP contribution in [0.25, 0.3) is 0 Å². The first-order valence-corrected chi connectivity index (χ1v) is 7.19. The molecule has 0 N–H and O–H groups in total. The maximum atomic E-state index is 11.6. The quantitative estimate of drug-likeness (QED) is 0.629. The van der Waals surface area contributed by atoms with Gasteiger partial charge in [0.2, 0.25) is 0 Å². The Morgan fingerprint density at radius 3 is 2.33 bits per heavy atom. The fraction of sp³-hybridized carbons (Fsp3) is 0.471. The molecule has 1 unspecified atom stereocenters. The Labute approximate surface area is 125 Å². The standard InChI is InChI=1S/C17H22O4/c1-19-14-8-13(9-15(11-14)20-2)16-7-5-4-6-12(16)10-17(18)21-3/h8-11,16H,4-7H2,1-3H3. The fourth-order valence-electron chi connectivity index (χ4n) is 2.83. The zero-order valence-electron chi connectivity index (χ0n) is 12.8. The van der Waals surface area contributed by atoms with Crippen LogP contribution in [0.2, 0.25) is 0 Å². The lowest BCUT2D eigenvalue weighted by Crippen LogP contribution is -2.11. The number of hydrogen-bond acceptors (Lipinski definition) is 4. The van der Waals surface area contributed by atoms with Crippen molar-refractivity contribution in [2.45, 2.75) is 31.6 Å². The van der Waals surface area contributed by atoms with Gasteiger partial charge in [0.1, 0.15) is 11.5 Å². The predicted molar refractivity (Wildman–Crippen MR) is 80.9 cm³/mol. The van der Waals surface area contributed by atoms with Gasteiger partial charge >= 0.3 is 5.97 Å². The summed E-state index contributed by atoms with van der Waals surface area (Å²) < 4.78 is 15.4. The van der Waals surface area contributed by atoms with Crippen LogP contribution in [0.1, 0.15) is 37.2 Å². The Hall–Kier alpha value is -1.97. The molecule has 2 rings (SSSR count). The number of allylic oxidation sites excluding steroid dienone is 1. The predicted octanol–water partition coefficient (Wildman–Crippen LogP) is 3.46. The van der Waals surface area contributed by atoms with Crippen molar-refractivity contribution < 1.29 is 19.0 Å². The number of esters is 1. The highest BCUT2D eigenvalue weighted by Gasteiger charge is 2.23. The maximum absolute atomic E-state index is 11.6. The third-order valence-electron chi connectivity index (χ3n) is 3.94. The van der Waals surface area contributed by atoms with E-state index in [-0.39, 0.29) is 11.9 Å². The van der Waals surface area contributed by atoms with Crippen LogP contribution in [0.15, 0.2) is 29.8 Å². The average Bonchev–Trinajstić information content (AvgIpc) is 2.54. The molecule has 0 amide bonds. The first-order chi connectivity index (χ1) is 10.2. The second-order valence-corrected chi connectivity index (χ2v) is 5.19. The van der Waals surface area contributed by atoms with Crippen LogP contribution >= 0.6 is 0 Å². The molecule has 4 nitrogen and oxygen atoms in total. The number of ether oxygens (including phenoxy) is 3. The molecule has 1 saturated carbocycles. The van der Waals surface area contributed by atoms with Gasteiger partial charge in [-0.05, 0) is 37.0 Å². The Balaban J connectivity index is 2.37. The molecule has 21 heavy (non-hydrogen) atoms. The number of benzene rings is 1. The summed E-state index contributed by atoms with van der Waals surface area (Å²) in [6, 6.07) is 5.89. The first-order valence-electron chi connectivity index (χ1n) is 7.19. The summed E-state index contributed by atoms with van der Waals surface area (Å²) in [4.78, 5) is 11.6. The molecule has 1 aliphatic carbocycles. The zero-order chi connectivity index (χ0) is 15.2. The normalized spacial score (nSPS) is 20.1. The van der Waals surface area contributed by atoms with E-state index in [9.17, 15) is 4.79 Å². The van der Waals surface area contributed by atoms with Crippen molar-refractivity contribution in [3.63, 3.8) is 0 Å². The largest absolute Gasteiger partial charge is 0.497 e. The Kier molecular flexibility index (Phi) is 5.26. The van der Waals surface area contributed by atoms with Crippen molar-refractivity contribution in [2.24, 2.45) is 0 Å². The van der Waals surface area contributed by atoms with Crippen LogP contribution in [-0.2, 0) is 9.53 Å². The van der Waals surface area contributed by atoms with E-state index in [4.69, 9.17) is 14.2 Å². The van der Waals surface area contributed by atoms with E-state index < -0.39 is 0 Å². The lowest BCUT2D eigenvalue weighted by atomic mass is 9.79. The molecule has 1 fully saturated rings. The molecule has 1 aliphatic rings. The number of hydrogen-bond donors (Lipinski definition) is 0. The molecule has 1 aromatic rings. The summed E-state index contributed by atoms with van der Waals surface area (Å²) in [7, 11) is 4.70. The van der Waals surface area contributed by atoms with E-state index in [1.807, 2.05) is 18.2 Å². The average molecular weight is 290 g/mol. The highest BCUT2D eigenvalue weighted by molar-refractivity contribution is 5.83. The van der Waals surface area contributed by atoms with Crippen LogP contribution < -0.4 is 9.47 Å². The third kappa shape index (κ3) is 3.78. The Bertz CT molecular complexity index is 511. The molecule has 4 heteroatoms. The Morgan fingerprint density at radius 2 is 1.76 bits per heavy atom. The summed E-state index contributed by atoms with van der Waals surface area (Å²) in [6.07, 6.45) is 5.86. The van der Waals surface area contributed by atoms with Gasteiger partial charge in [-0.1, -0.05) is 12.0 Å². The molecule has 0 bridgehead atoms. The van der Waals surface area contributed by atoms with E-state index in [0.29, 0.717) is 0 Å². The van der Waals surface area contributed by atoms with Gasteiger partial charge in [-0.3, -0.25) is 0 Å². The SMILES string of the molecule is COC(=O)C=C1CCCCC1c1cc(OC)cc(OC)c1. The van der Waals surface area contributed by atoms with Crippen LogP contribution in [0.4, 0.5) is 0 Å². The summed E-state index contributed by atoms with van der Waals surface area (Å²) in [5, 5.41) is 0. The molecular formula is C17H22O4. The van der Waals surface area contributed by atoms with Gasteiger partial charge < -0.3 is 14.2 Å². The van der Waals surface area contributed by atoms with E-state index in [0.717, 1.165) is 48.3 Å². The molecule has 114 valence electrons. The smallest absolute Gasteiger partial charge is 0.330 e. The lowest BCUT2D eigenvalue weighted by molar-refractivity contribution is -0.134. The third-order valence-corrected chi connectivity index (χ3v) is 3.94. The minimum Gasteiger partial charge on any atom is -0.497 e. The second kappa shape index (κ2) is 7.16. The maximum Gasteiger partial charge on any atom is 0.330 e. The van der Waals surface area contributed by atoms with Gasteiger partial charge in [0.05, 0.1) is 21.3 Å². The van der Waals surface area contributed by atoms with Gasteiger partial charge in [-0.25, -0.2) is 4.79 Å². The monoisotopic (exact) mass is 290 g/mol. The lowest BCUT2D eigenvalue weighted by Gasteiger charge is -2.26. The number of carbonyl (C=O) groups is 1. The van der Waals surface area contributed by atoms with Crippen molar-refractivity contribution in [3.05, 3.63) is 35.4 Å².